The van der Waals surface area contributed by atoms with Gasteiger partial charge in [0.15, 0.2) is 0 Å². The van der Waals surface area contributed by atoms with E-state index in [-0.39, 0.29) is 6.03 Å². The van der Waals surface area contributed by atoms with Crippen molar-refractivity contribution >= 4 is 23.0 Å². The van der Waals surface area contributed by atoms with Gasteiger partial charge in [0.2, 0.25) is 0 Å². The van der Waals surface area contributed by atoms with Crippen molar-refractivity contribution in [2.24, 2.45) is 5.73 Å². The molecule has 0 heterocycles. The Morgan fingerprint density at radius 1 is 1.08 bits per heavy atom. The Hall–Kier alpha value is -3.27. The molecule has 2 rings (SSSR count). The highest BCUT2D eigenvalue weighted by atomic mass is 16.2. The molecule has 0 saturated heterocycles. The number of carbonyl (C=O) groups excluding carboxylic acids is 1. The number of hydrogen-bond donors (Lipinski definition) is 3. The molecule has 128 valence electrons. The van der Waals surface area contributed by atoms with Crippen LogP contribution in [0.5, 0.6) is 0 Å². The number of benzene rings is 2. The molecule has 2 aromatic rings. The van der Waals surface area contributed by atoms with Crippen molar-refractivity contribution < 1.29 is 4.79 Å². The monoisotopic (exact) mass is 333 g/mol. The number of nitrogens with one attached hydrogen (secondary N) is 2. The van der Waals surface area contributed by atoms with Crippen molar-refractivity contribution in [3.8, 4) is 0 Å². The third-order valence-corrected chi connectivity index (χ3v) is 3.43. The van der Waals surface area contributed by atoms with Crippen LogP contribution in [0.3, 0.4) is 0 Å². The second-order valence-corrected chi connectivity index (χ2v) is 5.77. The molecule has 0 unspecified atom stereocenters. The van der Waals surface area contributed by atoms with Crippen molar-refractivity contribution in [3.05, 3.63) is 90.2 Å². The Bertz CT molecular complexity index is 813. The molecule has 2 aromatic carbocycles. The minimum Gasteiger partial charge on any atom is -0.402 e. The van der Waals surface area contributed by atoms with Gasteiger partial charge in [-0.3, -0.25) is 0 Å². The Morgan fingerprint density at radius 3 is 2.36 bits per heavy atom. The van der Waals surface area contributed by atoms with Crippen LogP contribution in [-0.2, 0) is 0 Å². The maximum Gasteiger partial charge on any atom is 0.323 e. The molecular weight excluding hydrogens is 310 g/mol. The summed E-state index contributed by atoms with van der Waals surface area (Å²) in [6, 6.07) is 14.9. The van der Waals surface area contributed by atoms with Crippen molar-refractivity contribution in [3.63, 3.8) is 0 Å². The average molecular weight is 333 g/mol. The van der Waals surface area contributed by atoms with Crippen LogP contribution < -0.4 is 16.4 Å². The van der Waals surface area contributed by atoms with Crippen LogP contribution in [-0.4, -0.2) is 6.03 Å². The van der Waals surface area contributed by atoms with Gasteiger partial charge in [-0.2, -0.15) is 0 Å². The minimum absolute atomic E-state index is 0.280. The molecule has 25 heavy (non-hydrogen) atoms. The maximum atomic E-state index is 12.1. The number of hydrogen-bond acceptors (Lipinski definition) is 2. The fourth-order valence-corrected chi connectivity index (χ4v) is 2.36. The standard InChI is InChI=1S/C21H23N3O/c1-4-6-18(14-16(3)22)17-9-11-19(12-10-17)23-21(25)24-20-8-5-7-15(2)13-20/h4-14H,1,22H2,2-3H3,(H2,23,24,25)/b16-14-,18-6+. The summed E-state index contributed by atoms with van der Waals surface area (Å²) in [6.45, 7) is 7.54. The lowest BCUT2D eigenvalue weighted by atomic mass is 10.0. The highest BCUT2D eigenvalue weighted by molar-refractivity contribution is 5.99. The highest BCUT2D eigenvalue weighted by Crippen LogP contribution is 2.20. The van der Waals surface area contributed by atoms with E-state index in [9.17, 15) is 4.79 Å². The lowest BCUT2D eigenvalue weighted by Crippen LogP contribution is -2.19. The largest absolute Gasteiger partial charge is 0.402 e. The van der Waals surface area contributed by atoms with E-state index in [0.29, 0.717) is 11.4 Å². The van der Waals surface area contributed by atoms with Crippen LogP contribution in [0.15, 0.2) is 79.0 Å². The summed E-state index contributed by atoms with van der Waals surface area (Å²) in [4.78, 5) is 12.1. The number of urea groups is 1. The number of carbonyl (C=O) groups is 1. The Labute approximate surface area is 148 Å². The van der Waals surface area contributed by atoms with Gasteiger partial charge in [0.05, 0.1) is 0 Å². The number of aryl methyl sites for hydroxylation is 1. The van der Waals surface area contributed by atoms with E-state index in [0.717, 1.165) is 22.4 Å². The number of allylic oxidation sites excluding steroid dienone is 5. The quantitative estimate of drug-likeness (QED) is 0.669. The molecule has 0 aromatic heterocycles. The first-order valence-corrected chi connectivity index (χ1v) is 7.99. The Morgan fingerprint density at radius 2 is 1.76 bits per heavy atom. The molecule has 0 atom stereocenters. The van der Waals surface area contributed by atoms with Gasteiger partial charge in [0.25, 0.3) is 0 Å². The minimum atomic E-state index is -0.280. The molecule has 4 nitrogen and oxygen atoms in total. The van der Waals surface area contributed by atoms with Gasteiger partial charge < -0.3 is 16.4 Å². The van der Waals surface area contributed by atoms with Gasteiger partial charge in [0, 0.05) is 17.1 Å². The molecule has 0 radical (unpaired) electrons. The third kappa shape index (κ3) is 5.70. The van der Waals surface area contributed by atoms with Gasteiger partial charge in [-0.15, -0.1) is 0 Å². The average Bonchev–Trinajstić information content (AvgIpc) is 2.54. The predicted octanol–water partition coefficient (Wildman–Crippen LogP) is 5.07. The predicted molar refractivity (Wildman–Crippen MR) is 106 cm³/mol. The zero-order valence-corrected chi connectivity index (χ0v) is 14.5. The lowest BCUT2D eigenvalue weighted by Gasteiger charge is -2.09. The summed E-state index contributed by atoms with van der Waals surface area (Å²) >= 11 is 0. The first kappa shape index (κ1) is 18.1. The van der Waals surface area contributed by atoms with Gasteiger partial charge in [-0.25, -0.2) is 4.79 Å². The van der Waals surface area contributed by atoms with E-state index in [4.69, 9.17) is 5.73 Å². The molecule has 2 amide bonds. The van der Waals surface area contributed by atoms with E-state index in [2.05, 4.69) is 17.2 Å². The first-order valence-electron chi connectivity index (χ1n) is 7.99. The van der Waals surface area contributed by atoms with E-state index in [1.165, 1.54) is 0 Å². The maximum absolute atomic E-state index is 12.1. The van der Waals surface area contributed by atoms with Crippen LogP contribution in [0.25, 0.3) is 5.57 Å². The first-order chi connectivity index (χ1) is 12.0. The van der Waals surface area contributed by atoms with Crippen molar-refractivity contribution in [1.29, 1.82) is 0 Å². The molecule has 0 bridgehead atoms. The van der Waals surface area contributed by atoms with E-state index in [1.807, 2.05) is 74.5 Å². The molecule has 4 heteroatoms. The smallest absolute Gasteiger partial charge is 0.323 e. The van der Waals surface area contributed by atoms with Crippen LogP contribution in [0.4, 0.5) is 16.2 Å². The SMILES string of the molecule is C=C/C=C(\C=C(\C)N)c1ccc(NC(=O)Nc2cccc(C)c2)cc1. The summed E-state index contributed by atoms with van der Waals surface area (Å²) < 4.78 is 0. The normalized spacial score (nSPS) is 11.8. The molecule has 0 aliphatic rings. The highest BCUT2D eigenvalue weighted by Gasteiger charge is 2.04. The van der Waals surface area contributed by atoms with Crippen molar-refractivity contribution in [1.82, 2.24) is 0 Å². The zero-order valence-electron chi connectivity index (χ0n) is 14.5. The van der Waals surface area contributed by atoms with Crippen molar-refractivity contribution in [2.45, 2.75) is 13.8 Å². The number of rotatable bonds is 5. The molecular formula is C21H23N3O. The zero-order chi connectivity index (χ0) is 18.2. The topological polar surface area (TPSA) is 67.1 Å². The van der Waals surface area contributed by atoms with Gasteiger partial charge in [0.1, 0.15) is 0 Å². The number of amides is 2. The fraction of sp³-hybridized carbons (Fsp3) is 0.0952. The van der Waals surface area contributed by atoms with E-state index >= 15 is 0 Å². The van der Waals surface area contributed by atoms with Crippen LogP contribution in [0, 0.1) is 6.92 Å². The molecule has 0 saturated carbocycles. The fourth-order valence-electron chi connectivity index (χ4n) is 2.36. The van der Waals surface area contributed by atoms with Gasteiger partial charge in [-0.05, 0) is 60.9 Å². The summed E-state index contributed by atoms with van der Waals surface area (Å²) in [5.41, 5.74) is 11.0. The molecule has 0 aliphatic heterocycles. The molecule has 0 fully saturated rings. The van der Waals surface area contributed by atoms with Crippen LogP contribution in [0.2, 0.25) is 0 Å². The summed E-state index contributed by atoms with van der Waals surface area (Å²) in [5.74, 6) is 0. The summed E-state index contributed by atoms with van der Waals surface area (Å²) in [7, 11) is 0. The summed E-state index contributed by atoms with van der Waals surface area (Å²) in [5, 5.41) is 5.63. The van der Waals surface area contributed by atoms with Crippen LogP contribution in [0.1, 0.15) is 18.1 Å². The third-order valence-electron chi connectivity index (χ3n) is 3.43. The Kier molecular flexibility index (Phi) is 6.18. The number of nitrogens with two attached hydrogens (primary N) is 1. The number of anilines is 2. The molecule has 0 aliphatic carbocycles. The van der Waals surface area contributed by atoms with E-state index < -0.39 is 0 Å². The second kappa shape index (κ2) is 8.55. The van der Waals surface area contributed by atoms with E-state index in [1.54, 1.807) is 6.08 Å². The molecule has 0 spiro atoms. The summed E-state index contributed by atoms with van der Waals surface area (Å²) in [6.07, 6.45) is 5.49. The lowest BCUT2D eigenvalue weighted by molar-refractivity contribution is 0.262. The molecule has 4 N–H and O–H groups in total. The van der Waals surface area contributed by atoms with Gasteiger partial charge >= 0.3 is 6.03 Å². The van der Waals surface area contributed by atoms with Crippen molar-refractivity contribution in [2.75, 3.05) is 10.6 Å². The Balaban J connectivity index is 2.07. The van der Waals surface area contributed by atoms with Gasteiger partial charge in [-0.1, -0.05) is 43.0 Å². The van der Waals surface area contributed by atoms with Crippen LogP contribution >= 0.6 is 0 Å². The second-order valence-electron chi connectivity index (χ2n) is 5.77.